The number of hydrogen-bond acceptors (Lipinski definition) is 5. The molecule has 1 rings (SSSR count). The van der Waals surface area contributed by atoms with Crippen molar-refractivity contribution in [2.24, 2.45) is 5.16 Å². The molecule has 5 heteroatoms. The second kappa shape index (κ2) is 7.22. The maximum atomic E-state index is 9.60. The molecule has 1 aliphatic heterocycles. The van der Waals surface area contributed by atoms with Crippen LogP contribution in [0, 0.1) is 0 Å². The Morgan fingerprint density at radius 1 is 1.38 bits per heavy atom. The van der Waals surface area contributed by atoms with Crippen molar-refractivity contribution in [3.8, 4) is 0 Å². The zero-order valence-corrected chi connectivity index (χ0v) is 10.6. The Kier molecular flexibility index (Phi) is 6.72. The van der Waals surface area contributed by atoms with Gasteiger partial charge in [0.25, 0.3) is 6.47 Å². The molecule has 0 saturated carbocycles. The lowest BCUT2D eigenvalue weighted by Crippen LogP contribution is -2.30. The summed E-state index contributed by atoms with van der Waals surface area (Å²) in [6, 6.07) is 0. The third-order valence-corrected chi connectivity index (χ3v) is 2.11. The van der Waals surface area contributed by atoms with Crippen molar-refractivity contribution in [2.45, 2.75) is 39.2 Å². The van der Waals surface area contributed by atoms with E-state index in [1.165, 1.54) is 0 Å². The molecule has 0 aromatic carbocycles. The minimum Gasteiger partial charge on any atom is -0.462 e. The van der Waals surface area contributed by atoms with Crippen LogP contribution in [0.4, 0.5) is 0 Å². The first-order valence-corrected chi connectivity index (χ1v) is 5.39. The van der Waals surface area contributed by atoms with Gasteiger partial charge in [0.2, 0.25) is 0 Å². The Hall–Kier alpha value is -1.10. The first kappa shape index (κ1) is 14.9. The van der Waals surface area contributed by atoms with Crippen LogP contribution in [0.15, 0.2) is 5.16 Å². The molecule has 1 fully saturated rings. The van der Waals surface area contributed by atoms with Crippen LogP contribution in [0.1, 0.15) is 33.6 Å². The molecule has 0 unspecified atom stereocenters. The molecule has 94 valence electrons. The highest BCUT2D eigenvalue weighted by atomic mass is 16.5. The van der Waals surface area contributed by atoms with E-state index in [0.717, 1.165) is 31.6 Å². The summed E-state index contributed by atoms with van der Waals surface area (Å²) >= 11 is 0. The Bertz CT molecular complexity index is 224. The Labute approximate surface area is 97.1 Å². The van der Waals surface area contributed by atoms with Crippen LogP contribution >= 0.6 is 0 Å². The van der Waals surface area contributed by atoms with E-state index in [4.69, 9.17) is 5.21 Å². The molecule has 0 radical (unpaired) electrons. The van der Waals surface area contributed by atoms with Gasteiger partial charge in [-0.15, -0.1) is 0 Å². The summed E-state index contributed by atoms with van der Waals surface area (Å²) in [6.45, 7) is 7.98. The van der Waals surface area contributed by atoms with Crippen LogP contribution < -0.4 is 0 Å². The van der Waals surface area contributed by atoms with Gasteiger partial charge < -0.3 is 14.8 Å². The summed E-state index contributed by atoms with van der Waals surface area (Å²) in [5, 5.41) is 11.5. The largest absolute Gasteiger partial charge is 0.462 e. The van der Waals surface area contributed by atoms with Gasteiger partial charge in [0.1, 0.15) is 5.60 Å². The third-order valence-electron chi connectivity index (χ3n) is 2.11. The molecule has 0 aromatic rings. The van der Waals surface area contributed by atoms with Gasteiger partial charge in [0.05, 0.1) is 5.71 Å². The molecule has 1 heterocycles. The summed E-state index contributed by atoms with van der Waals surface area (Å²) in [4.78, 5) is 11.8. The fraction of sp³-hybridized carbons (Fsp3) is 0.818. The van der Waals surface area contributed by atoms with Crippen molar-refractivity contribution >= 4 is 12.2 Å². The lowest BCUT2D eigenvalue weighted by atomic mass is 10.1. The van der Waals surface area contributed by atoms with E-state index < -0.39 is 0 Å². The van der Waals surface area contributed by atoms with Gasteiger partial charge >= 0.3 is 0 Å². The molecule has 0 atom stereocenters. The van der Waals surface area contributed by atoms with Gasteiger partial charge in [0, 0.05) is 25.9 Å². The van der Waals surface area contributed by atoms with E-state index in [-0.39, 0.29) is 5.60 Å². The smallest absolute Gasteiger partial charge is 0.293 e. The second-order valence-corrected chi connectivity index (χ2v) is 4.80. The number of carbonyl (C=O) groups excluding carboxylic acids is 1. The van der Waals surface area contributed by atoms with Crippen LogP contribution in [0.3, 0.4) is 0 Å². The molecule has 1 saturated heterocycles. The van der Waals surface area contributed by atoms with Gasteiger partial charge in [-0.25, -0.2) is 0 Å². The lowest BCUT2D eigenvalue weighted by Gasteiger charge is -2.21. The van der Waals surface area contributed by atoms with Crippen molar-refractivity contribution in [1.82, 2.24) is 4.90 Å². The molecule has 0 amide bonds. The summed E-state index contributed by atoms with van der Waals surface area (Å²) < 4.78 is 4.55. The van der Waals surface area contributed by atoms with Crippen LogP contribution in [0.25, 0.3) is 0 Å². The number of rotatable bonds is 1. The number of nitrogens with zero attached hydrogens (tertiary/aromatic N) is 2. The molecule has 5 nitrogen and oxygen atoms in total. The van der Waals surface area contributed by atoms with Gasteiger partial charge in [-0.05, 0) is 27.8 Å². The van der Waals surface area contributed by atoms with Crippen molar-refractivity contribution in [3.63, 3.8) is 0 Å². The molecule has 1 N–H and O–H groups in total. The standard InChI is InChI=1S/C6H12N2O.C5H10O2/c1-8-4-2-6(7-9)3-5-8;1-5(2,3)7-4-6/h9H,2-5H2,1H3;4H,1-3H3. The summed E-state index contributed by atoms with van der Waals surface area (Å²) in [6.07, 6.45) is 1.85. The van der Waals surface area contributed by atoms with Gasteiger partial charge in [-0.2, -0.15) is 0 Å². The zero-order valence-electron chi connectivity index (χ0n) is 10.6. The number of hydrogen-bond donors (Lipinski definition) is 1. The molecule has 1 aliphatic rings. The minimum absolute atomic E-state index is 0.318. The minimum atomic E-state index is -0.318. The lowest BCUT2D eigenvalue weighted by molar-refractivity contribution is -0.138. The van der Waals surface area contributed by atoms with E-state index >= 15 is 0 Å². The van der Waals surface area contributed by atoms with Crippen LogP contribution in [0.5, 0.6) is 0 Å². The molecule has 0 aliphatic carbocycles. The van der Waals surface area contributed by atoms with Crippen LogP contribution in [-0.2, 0) is 9.53 Å². The first-order chi connectivity index (χ1) is 7.39. The molecule has 0 aromatic heterocycles. The molecular weight excluding hydrogens is 208 g/mol. The van der Waals surface area contributed by atoms with Crippen LogP contribution in [0.2, 0.25) is 0 Å². The van der Waals surface area contributed by atoms with E-state index in [9.17, 15) is 4.79 Å². The Morgan fingerprint density at radius 2 is 1.88 bits per heavy atom. The highest BCUT2D eigenvalue weighted by Gasteiger charge is 2.10. The number of piperidine rings is 1. The van der Waals surface area contributed by atoms with Crippen molar-refractivity contribution in [3.05, 3.63) is 0 Å². The van der Waals surface area contributed by atoms with Gasteiger partial charge in [-0.3, -0.25) is 4.79 Å². The third kappa shape index (κ3) is 8.23. The average Bonchev–Trinajstić information content (AvgIpc) is 2.18. The first-order valence-electron chi connectivity index (χ1n) is 5.39. The number of carbonyl (C=O) groups is 1. The van der Waals surface area contributed by atoms with Gasteiger partial charge in [0.15, 0.2) is 0 Å². The predicted octanol–water partition coefficient (Wildman–Crippen LogP) is 1.50. The molecule has 0 bridgehead atoms. The van der Waals surface area contributed by atoms with E-state index in [1.54, 1.807) is 0 Å². The van der Waals surface area contributed by atoms with Crippen LogP contribution in [-0.4, -0.2) is 48.0 Å². The van der Waals surface area contributed by atoms with Crippen molar-refractivity contribution < 1.29 is 14.7 Å². The monoisotopic (exact) mass is 230 g/mol. The average molecular weight is 230 g/mol. The molecule has 0 spiro atoms. The second-order valence-electron chi connectivity index (χ2n) is 4.80. The predicted molar refractivity (Wildman–Crippen MR) is 62.9 cm³/mol. The SMILES string of the molecule is CC(C)(C)OC=O.CN1CCC(=NO)CC1. The molecule has 16 heavy (non-hydrogen) atoms. The van der Waals surface area contributed by atoms with Crippen molar-refractivity contribution in [2.75, 3.05) is 20.1 Å². The normalized spacial score (nSPS) is 17.1. The Balaban J connectivity index is 0.000000293. The summed E-state index contributed by atoms with van der Waals surface area (Å²) in [5.74, 6) is 0. The number of likely N-dealkylation sites (tertiary alicyclic amines) is 1. The van der Waals surface area contributed by atoms with Gasteiger partial charge in [-0.1, -0.05) is 5.16 Å². The highest BCUT2D eigenvalue weighted by Crippen LogP contribution is 2.03. The number of ether oxygens (including phenoxy) is 1. The van der Waals surface area contributed by atoms with E-state index in [2.05, 4.69) is 21.8 Å². The molecular formula is C11H22N2O3. The quantitative estimate of drug-likeness (QED) is 0.421. The van der Waals surface area contributed by atoms with E-state index in [1.807, 2.05) is 20.8 Å². The fourth-order valence-corrected chi connectivity index (χ4v) is 1.12. The maximum absolute atomic E-state index is 9.60. The van der Waals surface area contributed by atoms with E-state index in [0.29, 0.717) is 6.47 Å². The number of oxime groups is 1. The summed E-state index contributed by atoms with van der Waals surface area (Å²) in [5.41, 5.74) is 0.620. The topological polar surface area (TPSA) is 62.1 Å². The zero-order chi connectivity index (χ0) is 12.6. The highest BCUT2D eigenvalue weighted by molar-refractivity contribution is 5.84. The van der Waals surface area contributed by atoms with Crippen molar-refractivity contribution in [1.29, 1.82) is 0 Å². The maximum Gasteiger partial charge on any atom is 0.293 e. The summed E-state index contributed by atoms with van der Waals surface area (Å²) in [7, 11) is 2.08. The fourth-order valence-electron chi connectivity index (χ4n) is 1.12. The Morgan fingerprint density at radius 3 is 2.12 bits per heavy atom.